The van der Waals surface area contributed by atoms with Crippen molar-refractivity contribution < 1.29 is 32.4 Å². The van der Waals surface area contributed by atoms with Crippen LogP contribution in [0.15, 0.2) is 0 Å². The molecule has 0 aromatic rings. The molecule has 5 fully saturated rings. The quantitative estimate of drug-likeness (QED) is 0.175. The molecule has 4 N–H and O–H groups in total. The van der Waals surface area contributed by atoms with E-state index in [2.05, 4.69) is 21.3 Å². The van der Waals surface area contributed by atoms with Crippen molar-refractivity contribution in [1.29, 1.82) is 0 Å². The fourth-order valence-corrected chi connectivity index (χ4v) is 10.5. The number of likely N-dealkylation sites (tertiary alicyclic amines) is 1. The monoisotopic (exact) mass is 734 g/mol. The Kier molecular flexibility index (Phi) is 13.1. The van der Waals surface area contributed by atoms with Gasteiger partial charge in [0.15, 0.2) is 0 Å². The second-order valence-corrected chi connectivity index (χ2v) is 18.5. The molecule has 0 bridgehead atoms. The van der Waals surface area contributed by atoms with E-state index in [1.165, 1.54) is 4.31 Å². The second kappa shape index (κ2) is 16.9. The van der Waals surface area contributed by atoms with Crippen LogP contribution < -0.4 is 21.3 Å². The molecule has 5 amide bonds. The minimum absolute atomic E-state index is 0.00302. The molecule has 1 saturated heterocycles. The average Bonchev–Trinajstić information content (AvgIpc) is 3.74. The summed E-state index contributed by atoms with van der Waals surface area (Å²) in [4.78, 5) is 69.7. The number of amides is 5. The van der Waals surface area contributed by atoms with Gasteiger partial charge in [-0.1, -0.05) is 71.6 Å². The van der Waals surface area contributed by atoms with Crippen molar-refractivity contribution in [3.05, 3.63) is 0 Å². The first-order chi connectivity index (χ1) is 24.3. The number of Topliss-reactive ketones (excluding diaryl/α,β-unsaturated/α-hetero) is 1. The summed E-state index contributed by atoms with van der Waals surface area (Å²) in [5.41, 5.74) is -1.50. The minimum Gasteiger partial charge on any atom is -0.347 e. The lowest BCUT2D eigenvalue weighted by atomic mass is 9.70. The molecule has 288 valence electrons. The van der Waals surface area contributed by atoms with Crippen LogP contribution in [0.4, 0.5) is 4.79 Å². The Morgan fingerprint density at radius 2 is 1.49 bits per heavy atom. The lowest BCUT2D eigenvalue weighted by molar-refractivity contribution is -0.144. The number of nitrogens with one attached hydrogen (secondary N) is 4. The van der Waals surface area contributed by atoms with Crippen LogP contribution in [-0.4, -0.2) is 102 Å². The molecule has 0 aromatic heterocycles. The fourth-order valence-electron chi connectivity index (χ4n) is 8.61. The van der Waals surface area contributed by atoms with Crippen molar-refractivity contribution in [1.82, 2.24) is 30.5 Å². The lowest BCUT2D eigenvalue weighted by Crippen LogP contribution is -2.64. The predicted octanol–water partition coefficient (Wildman–Crippen LogP) is 3.66. The molecule has 51 heavy (non-hydrogen) atoms. The molecule has 0 spiro atoms. The van der Waals surface area contributed by atoms with Crippen LogP contribution in [-0.2, 0) is 29.2 Å². The third-order valence-corrected chi connectivity index (χ3v) is 14.4. The number of hydrogen-bond acceptors (Lipinski definition) is 7. The van der Waals surface area contributed by atoms with Gasteiger partial charge in [0.05, 0.1) is 17.3 Å². The summed E-state index contributed by atoms with van der Waals surface area (Å²) >= 11 is 0. The number of rotatable bonds is 16. The summed E-state index contributed by atoms with van der Waals surface area (Å²) in [5, 5.41) is 11.7. The lowest BCUT2D eigenvalue weighted by Gasteiger charge is -2.44. The maximum Gasteiger partial charge on any atom is 0.315 e. The first-order valence-electron chi connectivity index (χ1n) is 19.8. The molecular formula is C37H62N6O7S. The van der Waals surface area contributed by atoms with Gasteiger partial charge in [-0.2, -0.15) is 0 Å². The van der Waals surface area contributed by atoms with E-state index >= 15 is 0 Å². The second-order valence-electron chi connectivity index (χ2n) is 16.4. The minimum atomic E-state index is -3.64. The van der Waals surface area contributed by atoms with E-state index in [9.17, 15) is 32.4 Å². The highest BCUT2D eigenvalue weighted by molar-refractivity contribution is 7.89. The SMILES string of the molecule is CCCCC(NC(=O)[C@@H]1CCCN1C(=O)[C@@H](NC(=O)NC1(CS(=O)(=O)N(C)C2CCC2)CCCCC1)C1(C)CCCCC1)C(=O)C(=O)NC1CC1. The third kappa shape index (κ3) is 9.83. The number of urea groups is 1. The molecule has 14 heteroatoms. The molecule has 4 aliphatic carbocycles. The summed E-state index contributed by atoms with van der Waals surface area (Å²) in [5.74, 6) is -2.33. The van der Waals surface area contributed by atoms with Crippen molar-refractivity contribution in [2.75, 3.05) is 19.3 Å². The number of unbranched alkanes of at least 4 members (excludes halogenated alkanes) is 1. The molecule has 0 radical (unpaired) electrons. The molecule has 1 heterocycles. The van der Waals surface area contributed by atoms with Crippen LogP contribution in [0.1, 0.15) is 142 Å². The Balaban J connectivity index is 1.31. The van der Waals surface area contributed by atoms with Gasteiger partial charge in [-0.3, -0.25) is 19.2 Å². The number of sulfonamides is 1. The molecule has 0 aromatic carbocycles. The number of hydrogen-bond donors (Lipinski definition) is 4. The van der Waals surface area contributed by atoms with Crippen LogP contribution in [0.2, 0.25) is 0 Å². The zero-order chi connectivity index (χ0) is 36.8. The van der Waals surface area contributed by atoms with Gasteiger partial charge in [0, 0.05) is 25.7 Å². The maximum atomic E-state index is 14.6. The van der Waals surface area contributed by atoms with Crippen LogP contribution in [0, 0.1) is 5.41 Å². The van der Waals surface area contributed by atoms with Crippen LogP contribution in [0.3, 0.4) is 0 Å². The highest BCUT2D eigenvalue weighted by Crippen LogP contribution is 2.40. The molecule has 1 aliphatic heterocycles. The Hall–Kier alpha value is -2.74. The highest BCUT2D eigenvalue weighted by Gasteiger charge is 2.48. The third-order valence-electron chi connectivity index (χ3n) is 12.3. The molecule has 5 rings (SSSR count). The maximum absolute atomic E-state index is 14.6. The smallest absolute Gasteiger partial charge is 0.315 e. The van der Waals surface area contributed by atoms with Gasteiger partial charge >= 0.3 is 6.03 Å². The standard InChI is InChI=1S/C37H62N6O7S/c1-4-5-16-28(30(44)33(46)38-26-18-19-26)39-32(45)29-17-13-24-43(29)34(47)31(36(2)20-8-6-9-21-36)40-35(48)41-37(22-10-7-11-23-37)25-51(49,50)42(3)27-14-12-15-27/h26-29,31H,4-25H2,1-3H3,(H,38,46)(H,39,45)(H2,40,41,48)/t28?,29-,31+/m0/s1. The first kappa shape index (κ1) is 39.5. The average molecular weight is 735 g/mol. The topological polar surface area (TPSA) is 174 Å². The number of ketones is 1. The Labute approximate surface area is 304 Å². The largest absolute Gasteiger partial charge is 0.347 e. The van der Waals surface area contributed by atoms with E-state index in [0.717, 1.165) is 89.9 Å². The summed E-state index contributed by atoms with van der Waals surface area (Å²) in [7, 11) is -2.00. The number of carbonyl (C=O) groups is 5. The zero-order valence-corrected chi connectivity index (χ0v) is 31.9. The van der Waals surface area contributed by atoms with Gasteiger partial charge in [-0.25, -0.2) is 17.5 Å². The molecule has 1 unspecified atom stereocenters. The van der Waals surface area contributed by atoms with E-state index in [1.807, 2.05) is 13.8 Å². The van der Waals surface area contributed by atoms with E-state index in [0.29, 0.717) is 45.1 Å². The van der Waals surface area contributed by atoms with Crippen molar-refractivity contribution in [3.8, 4) is 0 Å². The fraction of sp³-hybridized carbons (Fsp3) is 0.865. The van der Waals surface area contributed by atoms with Gasteiger partial charge in [-0.15, -0.1) is 0 Å². The molecule has 13 nitrogen and oxygen atoms in total. The predicted molar refractivity (Wildman–Crippen MR) is 194 cm³/mol. The van der Waals surface area contributed by atoms with Crippen molar-refractivity contribution in [2.45, 2.75) is 178 Å². The zero-order valence-electron chi connectivity index (χ0n) is 31.1. The van der Waals surface area contributed by atoms with E-state index in [1.54, 1.807) is 11.9 Å². The number of carbonyl (C=O) groups excluding carboxylic acids is 5. The summed E-state index contributed by atoms with van der Waals surface area (Å²) in [6.07, 6.45) is 15.1. The molecular weight excluding hydrogens is 673 g/mol. The molecule has 4 saturated carbocycles. The van der Waals surface area contributed by atoms with Gasteiger partial charge in [0.2, 0.25) is 27.6 Å². The van der Waals surface area contributed by atoms with Crippen LogP contribution in [0.25, 0.3) is 0 Å². The highest BCUT2D eigenvalue weighted by atomic mass is 32.2. The normalized spacial score (nSPS) is 24.5. The van der Waals surface area contributed by atoms with Crippen molar-refractivity contribution >= 4 is 39.6 Å². The Bertz CT molecular complexity index is 1390. The van der Waals surface area contributed by atoms with Crippen molar-refractivity contribution in [2.24, 2.45) is 5.41 Å². The van der Waals surface area contributed by atoms with E-state index < -0.39 is 62.7 Å². The van der Waals surface area contributed by atoms with Gasteiger partial charge in [-0.05, 0) is 76.0 Å². The van der Waals surface area contributed by atoms with E-state index in [-0.39, 0.29) is 23.7 Å². The van der Waals surface area contributed by atoms with E-state index in [4.69, 9.17) is 0 Å². The first-order valence-corrected chi connectivity index (χ1v) is 21.4. The Morgan fingerprint density at radius 3 is 2.08 bits per heavy atom. The van der Waals surface area contributed by atoms with Crippen molar-refractivity contribution in [3.63, 3.8) is 0 Å². The van der Waals surface area contributed by atoms with Crippen LogP contribution >= 0.6 is 0 Å². The molecule has 3 atom stereocenters. The molecule has 5 aliphatic rings. The summed E-state index contributed by atoms with van der Waals surface area (Å²) in [6, 6.07) is -3.28. The summed E-state index contributed by atoms with van der Waals surface area (Å²) in [6.45, 7) is 4.33. The summed E-state index contributed by atoms with van der Waals surface area (Å²) < 4.78 is 28.7. The Morgan fingerprint density at radius 1 is 0.843 bits per heavy atom. The van der Waals surface area contributed by atoms with Crippen LogP contribution in [0.5, 0.6) is 0 Å². The number of nitrogens with zero attached hydrogens (tertiary/aromatic N) is 2. The van der Waals surface area contributed by atoms with Gasteiger partial charge in [0.1, 0.15) is 12.1 Å². The van der Waals surface area contributed by atoms with Gasteiger partial charge in [0.25, 0.3) is 5.91 Å². The van der Waals surface area contributed by atoms with Gasteiger partial charge < -0.3 is 26.2 Å².